The average molecular weight is 316 g/mol. The summed E-state index contributed by atoms with van der Waals surface area (Å²) in [6.45, 7) is 3.84. The van der Waals surface area contributed by atoms with E-state index in [0.29, 0.717) is 5.02 Å². The van der Waals surface area contributed by atoms with E-state index >= 15 is 0 Å². The number of anilines is 2. The van der Waals surface area contributed by atoms with Crippen LogP contribution in [-0.2, 0) is 12.8 Å². The Balaban J connectivity index is 1.48. The van der Waals surface area contributed by atoms with E-state index in [2.05, 4.69) is 24.8 Å². The molecule has 0 N–H and O–H groups in total. The Morgan fingerprint density at radius 1 is 0.909 bits per heavy atom. The summed E-state index contributed by atoms with van der Waals surface area (Å²) in [6, 6.07) is 3.88. The van der Waals surface area contributed by atoms with Crippen molar-refractivity contribution in [3.63, 3.8) is 0 Å². The van der Waals surface area contributed by atoms with Crippen LogP contribution in [-0.4, -0.2) is 41.1 Å². The van der Waals surface area contributed by atoms with Crippen molar-refractivity contribution in [3.8, 4) is 0 Å². The van der Waals surface area contributed by atoms with Crippen LogP contribution < -0.4 is 9.80 Å². The molecule has 2 aliphatic rings. The minimum Gasteiger partial charge on any atom is -0.353 e. The first-order valence-corrected chi connectivity index (χ1v) is 8.13. The van der Waals surface area contributed by atoms with E-state index in [-0.39, 0.29) is 0 Å². The van der Waals surface area contributed by atoms with Crippen molar-refractivity contribution in [1.82, 2.24) is 15.0 Å². The standard InChI is InChI=1S/C16H18ClN5/c17-12-4-5-15(18-10-12)21-6-8-22(9-7-21)16-13-2-1-3-14(13)19-11-20-16/h4-5,10-11H,1-3,6-9H2. The van der Waals surface area contributed by atoms with Crippen molar-refractivity contribution in [2.24, 2.45) is 0 Å². The highest BCUT2D eigenvalue weighted by Gasteiger charge is 2.24. The van der Waals surface area contributed by atoms with Crippen molar-refractivity contribution < 1.29 is 0 Å². The fourth-order valence-electron chi connectivity index (χ4n) is 3.32. The highest BCUT2D eigenvalue weighted by molar-refractivity contribution is 6.30. The molecule has 1 fully saturated rings. The van der Waals surface area contributed by atoms with Crippen LogP contribution in [0.3, 0.4) is 0 Å². The van der Waals surface area contributed by atoms with Gasteiger partial charge in [-0.15, -0.1) is 0 Å². The summed E-state index contributed by atoms with van der Waals surface area (Å²) in [6.07, 6.45) is 6.84. The lowest BCUT2D eigenvalue weighted by Gasteiger charge is -2.36. The van der Waals surface area contributed by atoms with Crippen LogP contribution in [0.1, 0.15) is 17.7 Å². The zero-order valence-corrected chi connectivity index (χ0v) is 13.1. The summed E-state index contributed by atoms with van der Waals surface area (Å²) in [5.41, 5.74) is 2.60. The van der Waals surface area contributed by atoms with Crippen LogP contribution in [0.2, 0.25) is 5.02 Å². The highest BCUT2D eigenvalue weighted by Crippen LogP contribution is 2.28. The van der Waals surface area contributed by atoms with Gasteiger partial charge in [-0.05, 0) is 31.4 Å². The molecule has 0 spiro atoms. The molecule has 0 radical (unpaired) electrons. The Kier molecular flexibility index (Phi) is 3.58. The minimum absolute atomic E-state index is 0.680. The normalized spacial score (nSPS) is 17.7. The van der Waals surface area contributed by atoms with Crippen molar-refractivity contribution in [3.05, 3.63) is 40.9 Å². The molecule has 114 valence electrons. The molecule has 0 amide bonds. The van der Waals surface area contributed by atoms with Gasteiger partial charge in [0.25, 0.3) is 0 Å². The van der Waals surface area contributed by atoms with Gasteiger partial charge in [-0.1, -0.05) is 11.6 Å². The van der Waals surface area contributed by atoms with Crippen molar-refractivity contribution in [1.29, 1.82) is 0 Å². The van der Waals surface area contributed by atoms with Crippen LogP contribution in [0.25, 0.3) is 0 Å². The maximum atomic E-state index is 5.90. The van der Waals surface area contributed by atoms with Gasteiger partial charge in [-0.3, -0.25) is 0 Å². The number of halogens is 1. The molecule has 4 rings (SSSR count). The summed E-state index contributed by atoms with van der Waals surface area (Å²) in [5, 5.41) is 0.680. The van der Waals surface area contributed by atoms with Crippen LogP contribution in [0.4, 0.5) is 11.6 Å². The molecule has 1 saturated heterocycles. The largest absolute Gasteiger partial charge is 0.353 e. The summed E-state index contributed by atoms with van der Waals surface area (Å²) in [5.74, 6) is 2.14. The molecule has 6 heteroatoms. The van der Waals surface area contributed by atoms with E-state index in [1.54, 1.807) is 12.5 Å². The Labute approximate surface area is 135 Å². The zero-order chi connectivity index (χ0) is 14.9. The molecule has 1 aliphatic heterocycles. The van der Waals surface area contributed by atoms with E-state index in [1.165, 1.54) is 17.7 Å². The Morgan fingerprint density at radius 2 is 1.73 bits per heavy atom. The third-order valence-corrected chi connectivity index (χ3v) is 4.69. The summed E-state index contributed by atoms with van der Waals surface area (Å²) < 4.78 is 0. The lowest BCUT2D eigenvalue weighted by Crippen LogP contribution is -2.47. The quantitative estimate of drug-likeness (QED) is 0.851. The van der Waals surface area contributed by atoms with Gasteiger partial charge >= 0.3 is 0 Å². The van der Waals surface area contributed by atoms with Gasteiger partial charge in [0.2, 0.25) is 0 Å². The molecule has 0 aromatic carbocycles. The summed E-state index contributed by atoms with van der Waals surface area (Å²) in [7, 11) is 0. The van der Waals surface area contributed by atoms with Gasteiger partial charge in [-0.25, -0.2) is 15.0 Å². The molecule has 2 aromatic heterocycles. The number of aromatic nitrogens is 3. The van der Waals surface area contributed by atoms with Crippen molar-refractivity contribution >= 4 is 23.2 Å². The van der Waals surface area contributed by atoms with Gasteiger partial charge in [0.1, 0.15) is 18.0 Å². The van der Waals surface area contributed by atoms with E-state index in [4.69, 9.17) is 11.6 Å². The molecule has 0 saturated carbocycles. The SMILES string of the molecule is Clc1ccc(N2CCN(c3ncnc4c3CCC4)CC2)nc1. The Bertz CT molecular complexity index is 665. The highest BCUT2D eigenvalue weighted by atomic mass is 35.5. The first-order chi connectivity index (χ1) is 10.8. The lowest BCUT2D eigenvalue weighted by atomic mass is 10.2. The van der Waals surface area contributed by atoms with Gasteiger partial charge < -0.3 is 9.80 Å². The molecule has 1 aliphatic carbocycles. The average Bonchev–Trinajstić information content (AvgIpc) is 3.04. The topological polar surface area (TPSA) is 45.2 Å². The minimum atomic E-state index is 0.680. The second-order valence-electron chi connectivity index (χ2n) is 5.78. The molecule has 0 bridgehead atoms. The maximum absolute atomic E-state index is 5.90. The molecule has 0 atom stereocenters. The molecule has 0 unspecified atom stereocenters. The number of nitrogens with zero attached hydrogens (tertiary/aromatic N) is 5. The van der Waals surface area contributed by atoms with E-state index in [9.17, 15) is 0 Å². The predicted molar refractivity (Wildman–Crippen MR) is 87.7 cm³/mol. The number of pyridine rings is 1. The van der Waals surface area contributed by atoms with Gasteiger partial charge in [0.15, 0.2) is 0 Å². The van der Waals surface area contributed by atoms with E-state index < -0.39 is 0 Å². The van der Waals surface area contributed by atoms with Crippen molar-refractivity contribution in [2.45, 2.75) is 19.3 Å². The van der Waals surface area contributed by atoms with Gasteiger partial charge in [0, 0.05) is 43.6 Å². The van der Waals surface area contributed by atoms with Crippen LogP contribution in [0, 0.1) is 0 Å². The fourth-order valence-corrected chi connectivity index (χ4v) is 3.43. The summed E-state index contributed by atoms with van der Waals surface area (Å²) >= 11 is 5.90. The van der Waals surface area contributed by atoms with Crippen LogP contribution >= 0.6 is 11.6 Å². The van der Waals surface area contributed by atoms with Crippen molar-refractivity contribution in [2.75, 3.05) is 36.0 Å². The molecule has 5 nitrogen and oxygen atoms in total. The number of fused-ring (bicyclic) bond motifs is 1. The molecule has 3 heterocycles. The number of hydrogen-bond donors (Lipinski definition) is 0. The number of rotatable bonds is 2. The Morgan fingerprint density at radius 3 is 2.50 bits per heavy atom. The van der Waals surface area contributed by atoms with E-state index in [0.717, 1.165) is 50.7 Å². The fraction of sp³-hybridized carbons (Fsp3) is 0.438. The molecule has 22 heavy (non-hydrogen) atoms. The number of aryl methyl sites for hydroxylation is 1. The molecule has 2 aromatic rings. The predicted octanol–water partition coefficient (Wildman–Crippen LogP) is 2.34. The smallest absolute Gasteiger partial charge is 0.135 e. The number of piperazine rings is 1. The third kappa shape index (κ3) is 2.50. The first kappa shape index (κ1) is 13.8. The molecular formula is C16H18ClN5. The maximum Gasteiger partial charge on any atom is 0.135 e. The zero-order valence-electron chi connectivity index (χ0n) is 12.4. The lowest BCUT2D eigenvalue weighted by molar-refractivity contribution is 0.638. The van der Waals surface area contributed by atoms with E-state index in [1.807, 2.05) is 12.1 Å². The first-order valence-electron chi connectivity index (χ1n) is 7.75. The Hall–Kier alpha value is -1.88. The second kappa shape index (κ2) is 5.72. The summed E-state index contributed by atoms with van der Waals surface area (Å²) in [4.78, 5) is 18.1. The number of hydrogen-bond acceptors (Lipinski definition) is 5. The second-order valence-corrected chi connectivity index (χ2v) is 6.22. The van der Waals surface area contributed by atoms with Crippen LogP contribution in [0.15, 0.2) is 24.7 Å². The third-order valence-electron chi connectivity index (χ3n) is 4.47. The monoisotopic (exact) mass is 315 g/mol. The van der Waals surface area contributed by atoms with Crippen LogP contribution in [0.5, 0.6) is 0 Å². The molecular weight excluding hydrogens is 298 g/mol. The van der Waals surface area contributed by atoms with Gasteiger partial charge in [-0.2, -0.15) is 0 Å². The van der Waals surface area contributed by atoms with Gasteiger partial charge in [0.05, 0.1) is 5.02 Å².